The van der Waals surface area contributed by atoms with Crippen molar-refractivity contribution in [3.63, 3.8) is 0 Å². The average molecular weight is 278 g/mol. The van der Waals surface area contributed by atoms with E-state index in [9.17, 15) is 0 Å². The van der Waals surface area contributed by atoms with Crippen molar-refractivity contribution in [1.29, 1.82) is 0 Å². The Balaban J connectivity index is 1.91. The topological polar surface area (TPSA) is 42.7 Å². The zero-order valence-corrected chi connectivity index (χ0v) is 12.2. The first-order valence-electron chi connectivity index (χ1n) is 7.03. The van der Waals surface area contributed by atoms with E-state index in [0.717, 1.165) is 11.4 Å². The van der Waals surface area contributed by atoms with Crippen LogP contribution in [0.5, 0.6) is 0 Å². The summed E-state index contributed by atoms with van der Waals surface area (Å²) < 4.78 is 1.77. The maximum Gasteiger partial charge on any atom is 0.0894 e. The molecule has 1 N–H and O–H groups in total. The van der Waals surface area contributed by atoms with Gasteiger partial charge < -0.3 is 5.32 Å². The van der Waals surface area contributed by atoms with Gasteiger partial charge in [-0.1, -0.05) is 41.6 Å². The molecule has 4 nitrogen and oxygen atoms in total. The van der Waals surface area contributed by atoms with Gasteiger partial charge in [-0.25, -0.2) is 4.68 Å². The lowest BCUT2D eigenvalue weighted by molar-refractivity contribution is 0.797. The fourth-order valence-corrected chi connectivity index (χ4v) is 2.52. The minimum Gasteiger partial charge on any atom is -0.377 e. The highest BCUT2D eigenvalue weighted by Gasteiger charge is 2.11. The molecule has 0 bridgehead atoms. The Morgan fingerprint density at radius 2 is 1.81 bits per heavy atom. The largest absolute Gasteiger partial charge is 0.377 e. The summed E-state index contributed by atoms with van der Waals surface area (Å²) in [7, 11) is 0. The van der Waals surface area contributed by atoms with Gasteiger partial charge in [-0.2, -0.15) is 0 Å². The third-order valence-corrected chi connectivity index (χ3v) is 3.60. The van der Waals surface area contributed by atoms with Gasteiger partial charge in [0.2, 0.25) is 0 Å². The first kappa shape index (κ1) is 13.4. The zero-order valence-electron chi connectivity index (χ0n) is 12.2. The van der Waals surface area contributed by atoms with Crippen molar-refractivity contribution in [1.82, 2.24) is 15.0 Å². The van der Waals surface area contributed by atoms with Crippen molar-refractivity contribution < 1.29 is 0 Å². The van der Waals surface area contributed by atoms with Crippen LogP contribution in [0.1, 0.15) is 24.1 Å². The van der Waals surface area contributed by atoms with Crippen LogP contribution < -0.4 is 5.32 Å². The van der Waals surface area contributed by atoms with Crippen LogP contribution in [-0.2, 0) is 0 Å². The fraction of sp³-hybridized carbons (Fsp3) is 0.176. The van der Waals surface area contributed by atoms with Crippen LogP contribution in [0.4, 0.5) is 5.69 Å². The Labute approximate surface area is 124 Å². The van der Waals surface area contributed by atoms with Crippen molar-refractivity contribution in [3.8, 4) is 5.69 Å². The number of hydrogen-bond acceptors (Lipinski definition) is 3. The van der Waals surface area contributed by atoms with Crippen LogP contribution in [0.2, 0.25) is 0 Å². The molecule has 0 aliphatic carbocycles. The zero-order chi connectivity index (χ0) is 14.7. The summed E-state index contributed by atoms with van der Waals surface area (Å²) in [6, 6.07) is 16.8. The Morgan fingerprint density at radius 3 is 2.57 bits per heavy atom. The van der Waals surface area contributed by atoms with Gasteiger partial charge in [-0.3, -0.25) is 0 Å². The summed E-state index contributed by atoms with van der Waals surface area (Å²) in [6.07, 6.45) is 3.53. The predicted octanol–water partition coefficient (Wildman–Crippen LogP) is 3.75. The predicted molar refractivity (Wildman–Crippen MR) is 84.6 cm³/mol. The van der Waals surface area contributed by atoms with Crippen molar-refractivity contribution in [2.75, 3.05) is 5.32 Å². The number of nitrogens with one attached hydrogen (secondary N) is 1. The minimum atomic E-state index is 0.218. The number of para-hydroxylation sites is 2. The lowest BCUT2D eigenvalue weighted by Crippen LogP contribution is -2.10. The van der Waals surface area contributed by atoms with Crippen LogP contribution in [-0.4, -0.2) is 15.0 Å². The minimum absolute atomic E-state index is 0.218. The maximum absolute atomic E-state index is 4.07. The Hall–Kier alpha value is -2.62. The average Bonchev–Trinajstić information content (AvgIpc) is 3.02. The molecule has 4 heteroatoms. The van der Waals surface area contributed by atoms with E-state index in [1.54, 1.807) is 10.9 Å². The quantitative estimate of drug-likeness (QED) is 0.790. The molecule has 3 rings (SSSR count). The second-order valence-electron chi connectivity index (χ2n) is 5.09. The Bertz CT molecular complexity index is 719. The third-order valence-electron chi connectivity index (χ3n) is 3.60. The standard InChI is InChI=1S/C17H18N4/c1-13-7-3-4-8-15(13)14(2)19-16-9-5-6-10-17(16)21-12-11-18-20-21/h3-12,14,19H,1-2H3. The van der Waals surface area contributed by atoms with Gasteiger partial charge in [-0.05, 0) is 37.1 Å². The Morgan fingerprint density at radius 1 is 1.05 bits per heavy atom. The van der Waals surface area contributed by atoms with Crippen LogP contribution >= 0.6 is 0 Å². The lowest BCUT2D eigenvalue weighted by atomic mass is 10.0. The lowest BCUT2D eigenvalue weighted by Gasteiger charge is -2.19. The molecule has 0 aliphatic rings. The van der Waals surface area contributed by atoms with Gasteiger partial charge in [0.15, 0.2) is 0 Å². The number of hydrogen-bond donors (Lipinski definition) is 1. The molecule has 1 unspecified atom stereocenters. The van der Waals surface area contributed by atoms with Crippen molar-refractivity contribution in [2.24, 2.45) is 0 Å². The molecule has 3 aromatic rings. The van der Waals surface area contributed by atoms with Gasteiger partial charge in [0, 0.05) is 6.04 Å². The van der Waals surface area contributed by atoms with E-state index in [4.69, 9.17) is 0 Å². The normalized spacial score (nSPS) is 12.1. The molecular weight excluding hydrogens is 260 g/mol. The summed E-state index contributed by atoms with van der Waals surface area (Å²) in [6.45, 7) is 4.30. The van der Waals surface area contributed by atoms with Crippen LogP contribution in [0, 0.1) is 6.92 Å². The molecule has 0 saturated carbocycles. The number of benzene rings is 2. The molecule has 21 heavy (non-hydrogen) atoms. The first-order chi connectivity index (χ1) is 10.3. The molecule has 0 amide bonds. The molecule has 106 valence electrons. The van der Waals surface area contributed by atoms with Gasteiger partial charge in [0.05, 0.1) is 23.8 Å². The van der Waals surface area contributed by atoms with E-state index in [0.29, 0.717) is 0 Å². The van der Waals surface area contributed by atoms with E-state index < -0.39 is 0 Å². The highest BCUT2D eigenvalue weighted by atomic mass is 15.4. The number of anilines is 1. The Kier molecular flexibility index (Phi) is 3.69. The summed E-state index contributed by atoms with van der Waals surface area (Å²) in [5.74, 6) is 0. The highest BCUT2D eigenvalue weighted by Crippen LogP contribution is 2.25. The van der Waals surface area contributed by atoms with E-state index in [-0.39, 0.29) is 6.04 Å². The van der Waals surface area contributed by atoms with Gasteiger partial charge in [0.25, 0.3) is 0 Å². The molecule has 0 radical (unpaired) electrons. The van der Waals surface area contributed by atoms with E-state index >= 15 is 0 Å². The van der Waals surface area contributed by atoms with Gasteiger partial charge in [-0.15, -0.1) is 5.10 Å². The molecule has 2 aromatic carbocycles. The van der Waals surface area contributed by atoms with Crippen molar-refractivity contribution in [3.05, 3.63) is 72.1 Å². The van der Waals surface area contributed by atoms with Crippen molar-refractivity contribution in [2.45, 2.75) is 19.9 Å². The van der Waals surface area contributed by atoms with Gasteiger partial charge >= 0.3 is 0 Å². The molecule has 0 aliphatic heterocycles. The SMILES string of the molecule is Cc1ccccc1C(C)Nc1ccccc1-n1ccnn1. The van der Waals surface area contributed by atoms with E-state index in [2.05, 4.69) is 59.8 Å². The number of nitrogens with zero attached hydrogens (tertiary/aromatic N) is 3. The maximum atomic E-state index is 4.07. The summed E-state index contributed by atoms with van der Waals surface area (Å²) in [4.78, 5) is 0. The third kappa shape index (κ3) is 2.79. The summed E-state index contributed by atoms with van der Waals surface area (Å²) in [5.41, 5.74) is 4.62. The number of rotatable bonds is 4. The summed E-state index contributed by atoms with van der Waals surface area (Å²) >= 11 is 0. The van der Waals surface area contributed by atoms with E-state index in [1.807, 2.05) is 24.4 Å². The van der Waals surface area contributed by atoms with Crippen LogP contribution in [0.15, 0.2) is 60.9 Å². The monoisotopic (exact) mass is 278 g/mol. The molecule has 0 spiro atoms. The number of aryl methyl sites for hydroxylation is 1. The second kappa shape index (κ2) is 5.79. The molecule has 0 fully saturated rings. The van der Waals surface area contributed by atoms with Crippen LogP contribution in [0.25, 0.3) is 5.69 Å². The molecule has 1 atom stereocenters. The molecule has 1 aromatic heterocycles. The smallest absolute Gasteiger partial charge is 0.0894 e. The molecule has 0 saturated heterocycles. The van der Waals surface area contributed by atoms with Gasteiger partial charge in [0.1, 0.15) is 0 Å². The highest BCUT2D eigenvalue weighted by molar-refractivity contribution is 5.61. The fourth-order valence-electron chi connectivity index (χ4n) is 2.52. The first-order valence-corrected chi connectivity index (χ1v) is 7.03. The molecule has 1 heterocycles. The second-order valence-corrected chi connectivity index (χ2v) is 5.09. The number of aromatic nitrogens is 3. The molecular formula is C17H18N4. The summed E-state index contributed by atoms with van der Waals surface area (Å²) in [5, 5.41) is 11.5. The van der Waals surface area contributed by atoms with Crippen LogP contribution in [0.3, 0.4) is 0 Å². The van der Waals surface area contributed by atoms with E-state index in [1.165, 1.54) is 11.1 Å². The van der Waals surface area contributed by atoms with Crippen molar-refractivity contribution >= 4 is 5.69 Å².